The van der Waals surface area contributed by atoms with E-state index < -0.39 is 23.5 Å². The summed E-state index contributed by atoms with van der Waals surface area (Å²) >= 11 is 5.82. The maximum atomic E-state index is 14.1. The summed E-state index contributed by atoms with van der Waals surface area (Å²) in [6, 6.07) is 8.19. The molecule has 10 heteroatoms. The van der Waals surface area contributed by atoms with Gasteiger partial charge in [0.15, 0.2) is 17.7 Å². The smallest absolute Gasteiger partial charge is 0.337 e. The molecule has 1 N–H and O–H groups in total. The third kappa shape index (κ3) is 8.15. The first kappa shape index (κ1) is 32.5. The Balaban J connectivity index is 1.64. The van der Waals surface area contributed by atoms with Gasteiger partial charge in [-0.2, -0.15) is 0 Å². The number of piperidine rings is 1. The molecule has 0 aliphatic carbocycles. The number of aliphatic carboxylic acids is 1. The molecule has 0 unspecified atom stereocenters. The van der Waals surface area contributed by atoms with E-state index in [0.29, 0.717) is 28.5 Å². The minimum Gasteiger partial charge on any atom is -0.489 e. The Morgan fingerprint density at radius 2 is 1.86 bits per heavy atom. The van der Waals surface area contributed by atoms with Crippen LogP contribution in [0.3, 0.4) is 0 Å². The summed E-state index contributed by atoms with van der Waals surface area (Å²) in [6.07, 6.45) is 4.31. The van der Waals surface area contributed by atoms with Crippen molar-refractivity contribution < 1.29 is 23.8 Å². The van der Waals surface area contributed by atoms with E-state index in [1.165, 1.54) is 12.1 Å². The second-order valence-corrected chi connectivity index (χ2v) is 13.3. The highest BCUT2D eigenvalue weighted by Crippen LogP contribution is 2.43. The molecule has 0 bridgehead atoms. The van der Waals surface area contributed by atoms with Crippen LogP contribution in [-0.2, 0) is 9.53 Å². The largest absolute Gasteiger partial charge is 0.489 e. The van der Waals surface area contributed by atoms with Gasteiger partial charge in [-0.3, -0.25) is 9.97 Å². The van der Waals surface area contributed by atoms with Gasteiger partial charge in [0, 0.05) is 48.2 Å². The number of carboxylic acids is 1. The van der Waals surface area contributed by atoms with Crippen molar-refractivity contribution in [2.75, 3.05) is 43.1 Å². The van der Waals surface area contributed by atoms with Crippen molar-refractivity contribution in [2.45, 2.75) is 66.1 Å². The Morgan fingerprint density at radius 1 is 1.16 bits per heavy atom. The molecular weight excluding hydrogens is 571 g/mol. The summed E-state index contributed by atoms with van der Waals surface area (Å²) in [5.74, 6) is -1.41. The fourth-order valence-electron chi connectivity index (χ4n) is 5.16. The molecule has 1 atom stereocenters. The number of likely N-dealkylation sites (N-methyl/N-ethyl adjacent to an activating group) is 1. The molecule has 0 radical (unpaired) electrons. The average molecular weight is 613 g/mol. The predicted molar refractivity (Wildman–Crippen MR) is 169 cm³/mol. The summed E-state index contributed by atoms with van der Waals surface area (Å²) in [6.45, 7) is 14.3. The number of benzene rings is 1. The number of carboxylic acid groups (broad SMARTS) is 1. The number of aryl methyl sites for hydroxylation is 1. The SMILES string of the molecule is Cc1ncc(-c2ccc(N(C)CCOc3ccc(Cl)cc3F)cn2)c(N2CCC(C)(C)CC2)c1[C@H](OC(C)(C)C)C(=O)O. The first-order valence-corrected chi connectivity index (χ1v) is 14.9. The number of anilines is 2. The van der Waals surface area contributed by atoms with Crippen LogP contribution in [0.1, 0.15) is 64.8 Å². The molecule has 232 valence electrons. The van der Waals surface area contributed by atoms with E-state index in [1.54, 1.807) is 18.5 Å². The van der Waals surface area contributed by atoms with Gasteiger partial charge in [0.25, 0.3) is 0 Å². The summed E-state index contributed by atoms with van der Waals surface area (Å²) in [5, 5.41) is 10.6. The van der Waals surface area contributed by atoms with E-state index in [0.717, 1.165) is 42.9 Å². The van der Waals surface area contributed by atoms with Crippen LogP contribution >= 0.6 is 11.6 Å². The van der Waals surface area contributed by atoms with E-state index in [2.05, 4.69) is 23.7 Å². The van der Waals surface area contributed by atoms with Crippen LogP contribution in [0.5, 0.6) is 5.75 Å². The van der Waals surface area contributed by atoms with E-state index in [4.69, 9.17) is 26.1 Å². The van der Waals surface area contributed by atoms with Crippen LogP contribution in [0.15, 0.2) is 42.7 Å². The van der Waals surface area contributed by atoms with Gasteiger partial charge < -0.3 is 24.4 Å². The Labute approximate surface area is 258 Å². The summed E-state index contributed by atoms with van der Waals surface area (Å²) in [5.41, 5.74) is 3.82. The highest BCUT2D eigenvalue weighted by molar-refractivity contribution is 6.30. The van der Waals surface area contributed by atoms with Gasteiger partial charge in [0.2, 0.25) is 0 Å². The molecule has 2 aromatic heterocycles. The van der Waals surface area contributed by atoms with E-state index in [9.17, 15) is 14.3 Å². The minimum absolute atomic E-state index is 0.151. The highest BCUT2D eigenvalue weighted by Gasteiger charge is 2.36. The van der Waals surface area contributed by atoms with Crippen LogP contribution in [0.2, 0.25) is 5.02 Å². The Bertz CT molecular complexity index is 1430. The van der Waals surface area contributed by atoms with Crippen molar-refractivity contribution in [3.63, 3.8) is 0 Å². The quantitative estimate of drug-likeness (QED) is 0.255. The lowest BCUT2D eigenvalue weighted by atomic mass is 9.82. The Hall–Kier alpha value is -3.43. The molecular formula is C33H42ClFN4O4. The Morgan fingerprint density at radius 3 is 2.44 bits per heavy atom. The molecule has 43 heavy (non-hydrogen) atoms. The van der Waals surface area contributed by atoms with E-state index >= 15 is 0 Å². The van der Waals surface area contributed by atoms with Crippen LogP contribution in [-0.4, -0.2) is 59.9 Å². The first-order valence-electron chi connectivity index (χ1n) is 14.6. The molecule has 0 spiro atoms. The number of rotatable bonds is 10. The van der Waals surface area contributed by atoms with Crippen molar-refractivity contribution in [3.8, 4) is 17.0 Å². The standard InChI is InChI=1S/C33H42ClFN4O4/c1-21-28(30(31(40)41)43-32(2,3)4)29(39-14-12-33(5,6)13-15-39)24(20-36-21)26-10-9-23(19-37-26)38(7)16-17-42-27-11-8-22(34)18-25(27)35/h8-11,18-20,30H,12-17H2,1-7H3,(H,40,41)/t30-/m0/s1. The molecule has 1 aliphatic heterocycles. The summed E-state index contributed by atoms with van der Waals surface area (Å²) < 4.78 is 25.8. The van der Waals surface area contributed by atoms with Crippen molar-refractivity contribution in [1.82, 2.24) is 9.97 Å². The zero-order valence-corrected chi connectivity index (χ0v) is 26.8. The lowest BCUT2D eigenvalue weighted by Gasteiger charge is -2.40. The van der Waals surface area contributed by atoms with Crippen molar-refractivity contribution in [3.05, 3.63) is 64.8 Å². The van der Waals surface area contributed by atoms with Gasteiger partial charge in [0.05, 0.1) is 35.4 Å². The van der Waals surface area contributed by atoms with Gasteiger partial charge in [-0.05, 0) is 76.3 Å². The molecule has 0 amide bonds. The first-order chi connectivity index (χ1) is 20.1. The van der Waals surface area contributed by atoms with Crippen LogP contribution in [0.4, 0.5) is 15.8 Å². The fraction of sp³-hybridized carbons (Fsp3) is 0.485. The van der Waals surface area contributed by atoms with Crippen LogP contribution in [0.25, 0.3) is 11.3 Å². The molecule has 8 nitrogen and oxygen atoms in total. The van der Waals surface area contributed by atoms with Gasteiger partial charge in [-0.25, -0.2) is 9.18 Å². The number of aromatic nitrogens is 2. The number of halogens is 2. The normalized spacial score (nSPS) is 15.7. The topological polar surface area (TPSA) is 88.0 Å². The number of ether oxygens (including phenoxy) is 2. The van der Waals surface area contributed by atoms with E-state index in [1.807, 2.05) is 51.8 Å². The van der Waals surface area contributed by atoms with Crippen molar-refractivity contribution in [2.24, 2.45) is 5.41 Å². The van der Waals surface area contributed by atoms with Gasteiger partial charge in [0.1, 0.15) is 6.61 Å². The van der Waals surface area contributed by atoms with Gasteiger partial charge >= 0.3 is 5.97 Å². The lowest BCUT2D eigenvalue weighted by Crippen LogP contribution is -2.39. The monoisotopic (exact) mass is 612 g/mol. The van der Waals surface area contributed by atoms with Crippen molar-refractivity contribution >= 4 is 28.9 Å². The number of carbonyl (C=O) groups is 1. The molecule has 4 rings (SSSR count). The summed E-state index contributed by atoms with van der Waals surface area (Å²) in [7, 11) is 1.91. The zero-order valence-electron chi connectivity index (χ0n) is 26.1. The van der Waals surface area contributed by atoms with Gasteiger partial charge in [-0.1, -0.05) is 25.4 Å². The second kappa shape index (κ2) is 13.1. The molecule has 3 aromatic rings. The van der Waals surface area contributed by atoms with Crippen LogP contribution < -0.4 is 14.5 Å². The number of hydrogen-bond acceptors (Lipinski definition) is 7. The molecule has 1 saturated heterocycles. The van der Waals surface area contributed by atoms with Crippen molar-refractivity contribution in [1.29, 1.82) is 0 Å². The maximum absolute atomic E-state index is 14.1. The highest BCUT2D eigenvalue weighted by atomic mass is 35.5. The second-order valence-electron chi connectivity index (χ2n) is 12.9. The molecule has 0 saturated carbocycles. The summed E-state index contributed by atoms with van der Waals surface area (Å²) in [4.78, 5) is 26.3. The Kier molecular flexibility index (Phi) is 9.86. The predicted octanol–water partition coefficient (Wildman–Crippen LogP) is 7.33. The molecule has 1 aromatic carbocycles. The van der Waals surface area contributed by atoms with Crippen LogP contribution in [0, 0.1) is 18.2 Å². The minimum atomic E-state index is -1.19. The fourth-order valence-corrected chi connectivity index (χ4v) is 5.32. The zero-order chi connectivity index (χ0) is 31.5. The third-order valence-corrected chi connectivity index (χ3v) is 7.96. The van der Waals surface area contributed by atoms with Gasteiger partial charge in [-0.15, -0.1) is 0 Å². The maximum Gasteiger partial charge on any atom is 0.337 e. The van der Waals surface area contributed by atoms with E-state index in [-0.39, 0.29) is 17.8 Å². The number of hydrogen-bond donors (Lipinski definition) is 1. The number of nitrogens with zero attached hydrogens (tertiary/aromatic N) is 4. The molecule has 1 fully saturated rings. The average Bonchev–Trinajstić information content (AvgIpc) is 2.92. The molecule has 3 heterocycles. The number of pyridine rings is 2. The lowest BCUT2D eigenvalue weighted by molar-refractivity contribution is -0.160. The molecule has 1 aliphatic rings. The third-order valence-electron chi connectivity index (χ3n) is 7.72.